The molecular formula is C10H9N3S. The number of aromatic nitrogens is 3. The molecule has 1 aliphatic rings. The van der Waals surface area contributed by atoms with Crippen molar-refractivity contribution in [2.75, 3.05) is 0 Å². The molecular weight excluding hydrogens is 194 g/mol. The first kappa shape index (κ1) is 8.05. The summed E-state index contributed by atoms with van der Waals surface area (Å²) in [6.45, 7) is 2.05. The van der Waals surface area contributed by atoms with Crippen LogP contribution in [0.4, 0.5) is 0 Å². The van der Waals surface area contributed by atoms with Crippen LogP contribution in [0.3, 0.4) is 0 Å². The van der Waals surface area contributed by atoms with Gasteiger partial charge in [-0.2, -0.15) is 0 Å². The minimum atomic E-state index is 1.02. The molecule has 0 saturated carbocycles. The Kier molecular flexibility index (Phi) is 1.64. The summed E-state index contributed by atoms with van der Waals surface area (Å²) in [5.74, 6) is 0. The van der Waals surface area contributed by atoms with Crippen molar-refractivity contribution in [1.82, 2.24) is 15.0 Å². The average molecular weight is 203 g/mol. The number of thiazole rings is 1. The van der Waals surface area contributed by atoms with E-state index >= 15 is 0 Å². The SMILES string of the molecule is Cc1nc2c(s1)-c1ncncc1CC2. The molecule has 0 amide bonds. The Bertz CT molecular complexity index is 490. The monoisotopic (exact) mass is 203 g/mol. The first-order chi connectivity index (χ1) is 6.84. The van der Waals surface area contributed by atoms with E-state index in [4.69, 9.17) is 0 Å². The molecule has 3 rings (SSSR count). The van der Waals surface area contributed by atoms with E-state index in [1.165, 1.54) is 16.1 Å². The van der Waals surface area contributed by atoms with Crippen LogP contribution < -0.4 is 0 Å². The number of hydrogen-bond acceptors (Lipinski definition) is 4. The largest absolute Gasteiger partial charge is 0.246 e. The van der Waals surface area contributed by atoms with Crippen LogP contribution in [-0.4, -0.2) is 15.0 Å². The van der Waals surface area contributed by atoms with E-state index < -0.39 is 0 Å². The highest BCUT2D eigenvalue weighted by Crippen LogP contribution is 2.35. The molecule has 0 bridgehead atoms. The van der Waals surface area contributed by atoms with Crippen molar-refractivity contribution in [3.8, 4) is 10.6 Å². The van der Waals surface area contributed by atoms with E-state index in [1.807, 2.05) is 13.1 Å². The fourth-order valence-corrected chi connectivity index (χ4v) is 2.82. The van der Waals surface area contributed by atoms with Gasteiger partial charge in [0.05, 0.1) is 21.3 Å². The van der Waals surface area contributed by atoms with Gasteiger partial charge in [-0.3, -0.25) is 0 Å². The Hall–Kier alpha value is -1.29. The maximum atomic E-state index is 4.51. The summed E-state index contributed by atoms with van der Waals surface area (Å²) in [6.07, 6.45) is 5.58. The van der Waals surface area contributed by atoms with Crippen molar-refractivity contribution in [2.45, 2.75) is 19.8 Å². The van der Waals surface area contributed by atoms with Gasteiger partial charge in [0.2, 0.25) is 0 Å². The summed E-state index contributed by atoms with van der Waals surface area (Å²) in [7, 11) is 0. The lowest BCUT2D eigenvalue weighted by molar-refractivity contribution is 0.882. The minimum absolute atomic E-state index is 1.02. The van der Waals surface area contributed by atoms with Gasteiger partial charge in [0.15, 0.2) is 0 Å². The van der Waals surface area contributed by atoms with Gasteiger partial charge in [-0.25, -0.2) is 15.0 Å². The topological polar surface area (TPSA) is 38.7 Å². The molecule has 70 valence electrons. The fraction of sp³-hybridized carbons (Fsp3) is 0.300. The normalized spacial score (nSPS) is 13.5. The second-order valence-electron chi connectivity index (χ2n) is 3.41. The summed E-state index contributed by atoms with van der Waals surface area (Å²) in [4.78, 5) is 14.1. The second-order valence-corrected chi connectivity index (χ2v) is 4.61. The average Bonchev–Trinajstić information content (AvgIpc) is 2.59. The molecule has 4 heteroatoms. The Morgan fingerprint density at radius 1 is 1.36 bits per heavy atom. The number of fused-ring (bicyclic) bond motifs is 3. The summed E-state index contributed by atoms with van der Waals surface area (Å²) in [5.41, 5.74) is 3.55. The van der Waals surface area contributed by atoms with Gasteiger partial charge in [-0.15, -0.1) is 11.3 Å². The number of hydrogen-bond donors (Lipinski definition) is 0. The van der Waals surface area contributed by atoms with E-state index in [1.54, 1.807) is 17.7 Å². The van der Waals surface area contributed by atoms with Crippen molar-refractivity contribution >= 4 is 11.3 Å². The lowest BCUT2D eigenvalue weighted by Gasteiger charge is -2.12. The van der Waals surface area contributed by atoms with Gasteiger partial charge in [-0.05, 0) is 25.3 Å². The molecule has 2 aromatic rings. The van der Waals surface area contributed by atoms with Crippen LogP contribution >= 0.6 is 11.3 Å². The van der Waals surface area contributed by atoms with E-state index in [0.717, 1.165) is 23.5 Å². The van der Waals surface area contributed by atoms with Crippen LogP contribution in [0.15, 0.2) is 12.5 Å². The van der Waals surface area contributed by atoms with Crippen molar-refractivity contribution in [3.05, 3.63) is 28.8 Å². The highest BCUT2D eigenvalue weighted by molar-refractivity contribution is 7.15. The predicted molar refractivity (Wildman–Crippen MR) is 55.3 cm³/mol. The van der Waals surface area contributed by atoms with E-state index in [-0.39, 0.29) is 0 Å². The fourth-order valence-electron chi connectivity index (χ4n) is 1.82. The summed E-state index contributed by atoms with van der Waals surface area (Å²) in [6, 6.07) is 0. The third-order valence-corrected chi connectivity index (χ3v) is 3.46. The van der Waals surface area contributed by atoms with Crippen molar-refractivity contribution < 1.29 is 0 Å². The lowest BCUT2D eigenvalue weighted by Crippen LogP contribution is -2.04. The zero-order valence-electron chi connectivity index (χ0n) is 7.82. The van der Waals surface area contributed by atoms with Crippen LogP contribution in [0.25, 0.3) is 10.6 Å². The standard InChI is InChI=1S/C10H9N3S/c1-6-13-8-3-2-7-4-11-5-12-9(7)10(8)14-6/h4-5H,2-3H2,1H3. The van der Waals surface area contributed by atoms with Gasteiger partial charge < -0.3 is 0 Å². The molecule has 0 spiro atoms. The van der Waals surface area contributed by atoms with Crippen molar-refractivity contribution in [1.29, 1.82) is 0 Å². The molecule has 2 heterocycles. The van der Waals surface area contributed by atoms with Crippen molar-refractivity contribution in [3.63, 3.8) is 0 Å². The molecule has 1 aliphatic carbocycles. The Morgan fingerprint density at radius 3 is 3.21 bits per heavy atom. The number of nitrogens with zero attached hydrogens (tertiary/aromatic N) is 3. The predicted octanol–water partition coefficient (Wildman–Crippen LogP) is 2.01. The zero-order chi connectivity index (χ0) is 9.54. The third-order valence-electron chi connectivity index (χ3n) is 2.44. The first-order valence-corrected chi connectivity index (χ1v) is 5.42. The molecule has 0 atom stereocenters. The molecule has 0 aromatic carbocycles. The molecule has 0 aliphatic heterocycles. The van der Waals surface area contributed by atoms with Crippen LogP contribution in [0.1, 0.15) is 16.3 Å². The van der Waals surface area contributed by atoms with Gasteiger partial charge in [0, 0.05) is 6.20 Å². The zero-order valence-corrected chi connectivity index (χ0v) is 8.64. The molecule has 0 unspecified atom stereocenters. The van der Waals surface area contributed by atoms with Gasteiger partial charge in [-0.1, -0.05) is 0 Å². The Labute approximate surface area is 85.9 Å². The van der Waals surface area contributed by atoms with E-state index in [2.05, 4.69) is 15.0 Å². The maximum Gasteiger partial charge on any atom is 0.116 e. The highest BCUT2D eigenvalue weighted by atomic mass is 32.1. The molecule has 2 aromatic heterocycles. The first-order valence-electron chi connectivity index (χ1n) is 4.60. The number of aryl methyl sites for hydroxylation is 3. The summed E-state index contributed by atoms with van der Waals surface area (Å²) < 4.78 is 0. The third kappa shape index (κ3) is 1.07. The van der Waals surface area contributed by atoms with Crippen LogP contribution in [0.2, 0.25) is 0 Å². The lowest BCUT2D eigenvalue weighted by atomic mass is 10.00. The second kappa shape index (κ2) is 2.85. The van der Waals surface area contributed by atoms with E-state index in [9.17, 15) is 0 Å². The molecule has 14 heavy (non-hydrogen) atoms. The molecule has 0 radical (unpaired) electrons. The molecule has 0 saturated heterocycles. The molecule has 3 nitrogen and oxygen atoms in total. The molecule has 0 N–H and O–H groups in total. The van der Waals surface area contributed by atoms with Gasteiger partial charge >= 0.3 is 0 Å². The summed E-state index contributed by atoms with van der Waals surface area (Å²) >= 11 is 1.73. The number of rotatable bonds is 0. The van der Waals surface area contributed by atoms with Gasteiger partial charge in [0.1, 0.15) is 6.33 Å². The highest BCUT2D eigenvalue weighted by Gasteiger charge is 2.20. The maximum absolute atomic E-state index is 4.51. The van der Waals surface area contributed by atoms with E-state index in [0.29, 0.717) is 0 Å². The Morgan fingerprint density at radius 2 is 2.29 bits per heavy atom. The Balaban J connectivity index is 2.28. The van der Waals surface area contributed by atoms with Crippen molar-refractivity contribution in [2.24, 2.45) is 0 Å². The minimum Gasteiger partial charge on any atom is -0.246 e. The quantitative estimate of drug-likeness (QED) is 0.657. The van der Waals surface area contributed by atoms with Crippen LogP contribution in [0, 0.1) is 6.92 Å². The van der Waals surface area contributed by atoms with Crippen LogP contribution in [0.5, 0.6) is 0 Å². The van der Waals surface area contributed by atoms with Crippen LogP contribution in [-0.2, 0) is 12.8 Å². The van der Waals surface area contributed by atoms with Gasteiger partial charge in [0.25, 0.3) is 0 Å². The smallest absolute Gasteiger partial charge is 0.116 e. The molecule has 0 fully saturated rings. The summed E-state index contributed by atoms with van der Waals surface area (Å²) in [5, 5.41) is 1.13.